The van der Waals surface area contributed by atoms with Gasteiger partial charge in [-0.3, -0.25) is 0 Å². The predicted molar refractivity (Wildman–Crippen MR) is 72.7 cm³/mol. The maximum absolute atomic E-state index is 11.5. The van der Waals surface area contributed by atoms with Crippen LogP contribution >= 0.6 is 0 Å². The first-order valence-electron chi connectivity index (χ1n) is 6.55. The molecule has 4 nitrogen and oxygen atoms in total. The van der Waals surface area contributed by atoms with Gasteiger partial charge in [-0.05, 0) is 24.0 Å². The predicted octanol–water partition coefficient (Wildman–Crippen LogP) is -6.03. The molecule has 2 aromatic rings. The number of hydrogen-bond acceptors (Lipinski definition) is 4. The molecule has 0 unspecified atom stereocenters. The van der Waals surface area contributed by atoms with Crippen LogP contribution in [0.25, 0.3) is 0 Å². The molecule has 2 rings (SSSR count). The van der Waals surface area contributed by atoms with Crippen molar-refractivity contribution in [2.75, 3.05) is 0 Å². The molecular weight excluding hydrogens is 314 g/mol. The van der Waals surface area contributed by atoms with Gasteiger partial charge in [0.2, 0.25) is 0 Å². The third-order valence-electron chi connectivity index (χ3n) is 3.48. The number of hydrogen-bond donors (Lipinski definition) is 0. The Morgan fingerprint density at radius 3 is 1.26 bits per heavy atom. The summed E-state index contributed by atoms with van der Waals surface area (Å²) in [5.41, 5.74) is -0.855. The number of carbonyl (C=O) groups is 2. The van der Waals surface area contributed by atoms with E-state index in [0.29, 0.717) is 11.1 Å². The minimum absolute atomic E-state index is 0. The van der Waals surface area contributed by atoms with E-state index >= 15 is 0 Å². The Bertz CT molecular complexity index is 572. The van der Waals surface area contributed by atoms with Crippen molar-refractivity contribution in [1.29, 1.82) is 0 Å². The molecule has 0 aliphatic heterocycles. The molecular formula is C17H14Na2O4. The molecule has 0 radical (unpaired) electrons. The molecule has 23 heavy (non-hydrogen) atoms. The number of carboxylic acid groups (broad SMARTS) is 2. The number of carbonyl (C=O) groups excluding carboxylic acids is 2. The average Bonchev–Trinajstić information content (AvgIpc) is 2.48. The van der Waals surface area contributed by atoms with E-state index in [4.69, 9.17) is 0 Å². The first kappa shape index (κ1) is 22.4. The Kier molecular flexibility index (Phi) is 10.0. The van der Waals surface area contributed by atoms with Crippen LogP contribution in [-0.4, -0.2) is 11.9 Å². The van der Waals surface area contributed by atoms with Gasteiger partial charge in [0.05, 0.1) is 17.4 Å². The fourth-order valence-corrected chi connectivity index (χ4v) is 2.32. The van der Waals surface area contributed by atoms with Gasteiger partial charge in [0.25, 0.3) is 0 Å². The fourth-order valence-electron chi connectivity index (χ4n) is 2.32. The first-order valence-corrected chi connectivity index (χ1v) is 6.55. The zero-order valence-electron chi connectivity index (χ0n) is 13.3. The molecule has 0 aromatic heterocycles. The van der Waals surface area contributed by atoms with Gasteiger partial charge in [0, 0.05) is 0 Å². The van der Waals surface area contributed by atoms with E-state index in [-0.39, 0.29) is 72.0 Å². The molecule has 0 bridgehead atoms. The van der Waals surface area contributed by atoms with Crippen LogP contribution in [0, 0.1) is 5.41 Å². The molecule has 6 heteroatoms. The molecule has 0 saturated carbocycles. The number of rotatable bonds is 6. The van der Waals surface area contributed by atoms with Crippen LogP contribution < -0.4 is 69.3 Å². The van der Waals surface area contributed by atoms with Gasteiger partial charge in [0.15, 0.2) is 0 Å². The fraction of sp³-hybridized carbons (Fsp3) is 0.176. The Morgan fingerprint density at radius 1 is 0.696 bits per heavy atom. The van der Waals surface area contributed by atoms with E-state index in [1.54, 1.807) is 60.7 Å². The zero-order valence-corrected chi connectivity index (χ0v) is 17.3. The Morgan fingerprint density at radius 2 is 1.00 bits per heavy atom. The molecule has 0 saturated heterocycles. The summed E-state index contributed by atoms with van der Waals surface area (Å²) in [5.74, 6) is -3.26. The summed E-state index contributed by atoms with van der Waals surface area (Å²) in [4.78, 5) is 23.1. The maximum Gasteiger partial charge on any atom is 1.00 e. The third-order valence-corrected chi connectivity index (χ3v) is 3.48. The molecule has 2 aromatic carbocycles. The standard InChI is InChI=1S/C17H16O4.2Na/c18-15(19)17(16(20)21,11-13-7-3-1-4-8-13)12-14-9-5-2-6-10-14;;/h1-10H,11-12H2,(H,18,19)(H,20,21);;/q;2*+1/p-2. The van der Waals surface area contributed by atoms with E-state index in [1.807, 2.05) is 0 Å². The monoisotopic (exact) mass is 328 g/mol. The Labute approximate surface area is 179 Å². The van der Waals surface area contributed by atoms with E-state index in [2.05, 4.69) is 0 Å². The van der Waals surface area contributed by atoms with Gasteiger partial charge in [-0.2, -0.15) is 0 Å². The molecule has 108 valence electrons. The summed E-state index contributed by atoms with van der Waals surface area (Å²) < 4.78 is 0. The maximum atomic E-state index is 11.5. The quantitative estimate of drug-likeness (QED) is 0.391. The van der Waals surface area contributed by atoms with Crippen molar-refractivity contribution in [2.24, 2.45) is 5.41 Å². The molecule has 0 spiro atoms. The molecule has 0 N–H and O–H groups in total. The summed E-state index contributed by atoms with van der Waals surface area (Å²) in [7, 11) is 0. The van der Waals surface area contributed by atoms with Gasteiger partial charge in [-0.15, -0.1) is 0 Å². The summed E-state index contributed by atoms with van der Waals surface area (Å²) in [6, 6.07) is 17.2. The largest absolute Gasteiger partial charge is 1.00 e. The summed E-state index contributed by atoms with van der Waals surface area (Å²) in [6.45, 7) is 0. The van der Waals surface area contributed by atoms with Crippen molar-refractivity contribution < 1.29 is 78.9 Å². The number of aliphatic carboxylic acids is 2. The van der Waals surface area contributed by atoms with Crippen LogP contribution in [0.2, 0.25) is 0 Å². The molecule has 0 aliphatic rings. The van der Waals surface area contributed by atoms with Crippen molar-refractivity contribution in [3.63, 3.8) is 0 Å². The van der Waals surface area contributed by atoms with E-state index in [9.17, 15) is 19.8 Å². The smallest absolute Gasteiger partial charge is 0.549 e. The second-order valence-electron chi connectivity index (χ2n) is 4.98. The van der Waals surface area contributed by atoms with Crippen molar-refractivity contribution in [3.05, 3.63) is 71.8 Å². The molecule has 0 atom stereocenters. The zero-order chi connectivity index (χ0) is 15.3. The summed E-state index contributed by atoms with van der Waals surface area (Å²) in [5, 5.41) is 23.1. The summed E-state index contributed by atoms with van der Waals surface area (Å²) in [6.07, 6.45) is -0.346. The SMILES string of the molecule is O=C([O-])C(Cc1ccccc1)(Cc1ccccc1)C(=O)[O-].[Na+].[Na+]. The van der Waals surface area contributed by atoms with Crippen LogP contribution in [-0.2, 0) is 22.4 Å². The van der Waals surface area contributed by atoms with E-state index < -0.39 is 17.4 Å². The Balaban J connectivity index is 0.00000242. The van der Waals surface area contributed by atoms with E-state index in [1.165, 1.54) is 0 Å². The van der Waals surface area contributed by atoms with Crippen LogP contribution in [0.3, 0.4) is 0 Å². The minimum atomic E-state index is -2.08. The molecule has 0 aliphatic carbocycles. The minimum Gasteiger partial charge on any atom is -0.549 e. The normalized spacial score (nSPS) is 10.1. The van der Waals surface area contributed by atoms with E-state index in [0.717, 1.165) is 0 Å². The van der Waals surface area contributed by atoms with Gasteiger partial charge in [0.1, 0.15) is 0 Å². The van der Waals surface area contributed by atoms with Crippen LogP contribution in [0.5, 0.6) is 0 Å². The van der Waals surface area contributed by atoms with Crippen molar-refractivity contribution in [1.82, 2.24) is 0 Å². The van der Waals surface area contributed by atoms with Crippen LogP contribution in [0.4, 0.5) is 0 Å². The molecule has 0 heterocycles. The average molecular weight is 328 g/mol. The van der Waals surface area contributed by atoms with Crippen molar-refractivity contribution in [3.8, 4) is 0 Å². The number of carboxylic acids is 2. The van der Waals surface area contributed by atoms with Gasteiger partial charge < -0.3 is 19.8 Å². The second kappa shape index (κ2) is 10.3. The third kappa shape index (κ3) is 5.75. The number of benzene rings is 2. The molecule has 0 amide bonds. The van der Waals surface area contributed by atoms with Crippen LogP contribution in [0.1, 0.15) is 11.1 Å². The van der Waals surface area contributed by atoms with Gasteiger partial charge >= 0.3 is 59.1 Å². The second-order valence-corrected chi connectivity index (χ2v) is 4.98. The van der Waals surface area contributed by atoms with Gasteiger partial charge in [-0.1, -0.05) is 60.7 Å². The molecule has 0 fully saturated rings. The Hall–Kier alpha value is -0.620. The van der Waals surface area contributed by atoms with Crippen molar-refractivity contribution in [2.45, 2.75) is 12.8 Å². The van der Waals surface area contributed by atoms with Crippen molar-refractivity contribution >= 4 is 11.9 Å². The van der Waals surface area contributed by atoms with Crippen LogP contribution in [0.15, 0.2) is 60.7 Å². The topological polar surface area (TPSA) is 80.3 Å². The summed E-state index contributed by atoms with van der Waals surface area (Å²) >= 11 is 0. The van der Waals surface area contributed by atoms with Gasteiger partial charge in [-0.25, -0.2) is 0 Å². The first-order chi connectivity index (χ1) is 10.0.